The van der Waals surface area contributed by atoms with Gasteiger partial charge < -0.3 is 9.47 Å². The minimum atomic E-state index is 0.0839. The molecule has 0 bridgehead atoms. The van der Waals surface area contributed by atoms with Gasteiger partial charge in [-0.3, -0.25) is 0 Å². The zero-order valence-electron chi connectivity index (χ0n) is 9.58. The van der Waals surface area contributed by atoms with Crippen LogP contribution in [0.1, 0.15) is 26.3 Å². The normalized spacial score (nSPS) is 10.0. The molecular weight excluding hydrogens is 317 g/mol. The van der Waals surface area contributed by atoms with Crippen molar-refractivity contribution in [2.45, 2.75) is 26.9 Å². The maximum absolute atomic E-state index is 8.88. The van der Waals surface area contributed by atoms with Crippen molar-refractivity contribution in [1.82, 2.24) is 0 Å². The molecule has 0 spiro atoms. The fourth-order valence-electron chi connectivity index (χ4n) is 1.25. The Balaban J connectivity index is 3.18. The summed E-state index contributed by atoms with van der Waals surface area (Å²) in [5.41, 5.74) is 0.587. The molecule has 16 heavy (non-hydrogen) atoms. The quantitative estimate of drug-likeness (QED) is 0.795. The first-order valence-corrected chi connectivity index (χ1v) is 6.19. The summed E-state index contributed by atoms with van der Waals surface area (Å²) in [4.78, 5) is 0. The van der Waals surface area contributed by atoms with Crippen LogP contribution in [0.4, 0.5) is 0 Å². The maximum Gasteiger partial charge on any atom is 0.174 e. The summed E-state index contributed by atoms with van der Waals surface area (Å²) in [5, 5.41) is 8.88. The largest absolute Gasteiger partial charge is 0.490 e. The van der Waals surface area contributed by atoms with Gasteiger partial charge >= 0.3 is 0 Å². The van der Waals surface area contributed by atoms with E-state index in [-0.39, 0.29) is 6.10 Å². The van der Waals surface area contributed by atoms with Gasteiger partial charge in [0.05, 0.1) is 27.9 Å². The van der Waals surface area contributed by atoms with E-state index >= 15 is 0 Å². The van der Waals surface area contributed by atoms with Crippen LogP contribution < -0.4 is 9.47 Å². The summed E-state index contributed by atoms with van der Waals surface area (Å²) >= 11 is 2.15. The van der Waals surface area contributed by atoms with Crippen molar-refractivity contribution in [3.05, 3.63) is 21.3 Å². The predicted molar refractivity (Wildman–Crippen MR) is 70.8 cm³/mol. The van der Waals surface area contributed by atoms with Crippen molar-refractivity contribution in [1.29, 1.82) is 5.26 Å². The minimum absolute atomic E-state index is 0.0839. The molecule has 0 amide bonds. The third-order valence-electron chi connectivity index (χ3n) is 1.79. The van der Waals surface area contributed by atoms with Crippen LogP contribution >= 0.6 is 22.6 Å². The number of rotatable bonds is 4. The van der Waals surface area contributed by atoms with Gasteiger partial charge in [0.25, 0.3) is 0 Å². The van der Waals surface area contributed by atoms with Gasteiger partial charge in [0.1, 0.15) is 0 Å². The van der Waals surface area contributed by atoms with Gasteiger partial charge in [-0.2, -0.15) is 5.26 Å². The molecule has 4 heteroatoms. The fraction of sp³-hybridized carbons (Fsp3) is 0.417. The van der Waals surface area contributed by atoms with E-state index in [9.17, 15) is 0 Å². The van der Waals surface area contributed by atoms with E-state index in [0.717, 1.165) is 9.32 Å². The third kappa shape index (κ3) is 3.27. The molecular formula is C12H14INO2. The van der Waals surface area contributed by atoms with Crippen LogP contribution in [0.25, 0.3) is 0 Å². The number of nitriles is 1. The molecule has 0 aliphatic rings. The van der Waals surface area contributed by atoms with E-state index < -0.39 is 0 Å². The molecule has 1 rings (SSSR count). The topological polar surface area (TPSA) is 42.2 Å². The second-order valence-corrected chi connectivity index (χ2v) is 4.66. The number of nitrogens with zero attached hydrogens (tertiary/aromatic N) is 1. The molecule has 0 atom stereocenters. The SMILES string of the molecule is CCOc1cc(C#N)cc(I)c1OC(C)C. The molecule has 0 unspecified atom stereocenters. The van der Waals surface area contributed by atoms with Gasteiger partial charge in [0.2, 0.25) is 0 Å². The molecule has 0 N–H and O–H groups in total. The van der Waals surface area contributed by atoms with Gasteiger partial charge in [-0.15, -0.1) is 0 Å². The Kier molecular flexibility index (Phi) is 4.87. The highest BCUT2D eigenvalue weighted by molar-refractivity contribution is 14.1. The lowest BCUT2D eigenvalue weighted by molar-refractivity contribution is 0.222. The molecule has 0 radical (unpaired) electrons. The van der Waals surface area contributed by atoms with Crippen molar-refractivity contribution < 1.29 is 9.47 Å². The average molecular weight is 331 g/mol. The molecule has 0 saturated carbocycles. The predicted octanol–water partition coefficient (Wildman–Crippen LogP) is 3.35. The lowest BCUT2D eigenvalue weighted by atomic mass is 10.2. The zero-order chi connectivity index (χ0) is 12.1. The van der Waals surface area contributed by atoms with E-state index in [2.05, 4.69) is 28.7 Å². The Morgan fingerprint density at radius 2 is 2.12 bits per heavy atom. The second kappa shape index (κ2) is 5.94. The molecule has 0 aliphatic heterocycles. The molecule has 0 fully saturated rings. The van der Waals surface area contributed by atoms with Gasteiger partial charge in [0, 0.05) is 6.07 Å². The van der Waals surface area contributed by atoms with Crippen LogP contribution in [0.5, 0.6) is 11.5 Å². The van der Waals surface area contributed by atoms with E-state index in [0.29, 0.717) is 17.9 Å². The Labute approximate surface area is 110 Å². The van der Waals surface area contributed by atoms with Crippen LogP contribution in [0.15, 0.2) is 12.1 Å². The van der Waals surface area contributed by atoms with E-state index in [1.807, 2.05) is 20.8 Å². The van der Waals surface area contributed by atoms with E-state index in [1.54, 1.807) is 12.1 Å². The van der Waals surface area contributed by atoms with Crippen molar-refractivity contribution >= 4 is 22.6 Å². The summed E-state index contributed by atoms with van der Waals surface area (Å²) in [6.45, 7) is 6.39. The highest BCUT2D eigenvalue weighted by Crippen LogP contribution is 2.34. The summed E-state index contributed by atoms with van der Waals surface area (Å²) in [5.74, 6) is 1.36. The number of hydrogen-bond donors (Lipinski definition) is 0. The second-order valence-electron chi connectivity index (χ2n) is 3.50. The molecule has 0 heterocycles. The average Bonchev–Trinajstić information content (AvgIpc) is 2.22. The molecule has 1 aromatic carbocycles. The standard InChI is InChI=1S/C12H14INO2/c1-4-15-11-6-9(7-14)5-10(13)12(11)16-8(2)3/h5-6,8H,4H2,1-3H3. The Hall–Kier alpha value is -0.960. The van der Waals surface area contributed by atoms with Crippen LogP contribution in [0.3, 0.4) is 0 Å². The highest BCUT2D eigenvalue weighted by atomic mass is 127. The summed E-state index contributed by atoms with van der Waals surface area (Å²) < 4.78 is 12.1. The van der Waals surface area contributed by atoms with Gasteiger partial charge in [-0.25, -0.2) is 0 Å². The first-order chi connectivity index (χ1) is 7.58. The number of hydrogen-bond acceptors (Lipinski definition) is 3. The van der Waals surface area contributed by atoms with Crippen LogP contribution in [-0.2, 0) is 0 Å². The molecule has 86 valence electrons. The van der Waals surface area contributed by atoms with E-state index in [1.165, 1.54) is 0 Å². The first kappa shape index (κ1) is 13.1. The summed E-state index contributed by atoms with van der Waals surface area (Å²) in [6, 6.07) is 5.61. The molecule has 0 saturated heterocycles. The van der Waals surface area contributed by atoms with E-state index in [4.69, 9.17) is 14.7 Å². The minimum Gasteiger partial charge on any atom is -0.490 e. The molecule has 3 nitrogen and oxygen atoms in total. The maximum atomic E-state index is 8.88. The highest BCUT2D eigenvalue weighted by Gasteiger charge is 2.13. The Morgan fingerprint density at radius 3 is 2.62 bits per heavy atom. The summed E-state index contributed by atoms with van der Waals surface area (Å²) in [7, 11) is 0. The van der Waals surface area contributed by atoms with Crippen molar-refractivity contribution in [3.8, 4) is 17.6 Å². The third-order valence-corrected chi connectivity index (χ3v) is 2.59. The first-order valence-electron chi connectivity index (χ1n) is 5.11. The summed E-state index contributed by atoms with van der Waals surface area (Å²) in [6.07, 6.45) is 0.0839. The van der Waals surface area contributed by atoms with Crippen molar-refractivity contribution in [2.24, 2.45) is 0 Å². The monoisotopic (exact) mass is 331 g/mol. The van der Waals surface area contributed by atoms with Crippen LogP contribution in [-0.4, -0.2) is 12.7 Å². The molecule has 0 aliphatic carbocycles. The smallest absolute Gasteiger partial charge is 0.174 e. The van der Waals surface area contributed by atoms with Crippen molar-refractivity contribution in [3.63, 3.8) is 0 Å². The molecule has 1 aromatic rings. The lowest BCUT2D eigenvalue weighted by Crippen LogP contribution is -2.09. The lowest BCUT2D eigenvalue weighted by Gasteiger charge is -2.16. The van der Waals surface area contributed by atoms with Crippen molar-refractivity contribution in [2.75, 3.05) is 6.61 Å². The van der Waals surface area contributed by atoms with Gasteiger partial charge in [-0.1, -0.05) is 0 Å². The fourth-order valence-corrected chi connectivity index (χ4v) is 1.97. The van der Waals surface area contributed by atoms with Crippen LogP contribution in [0, 0.1) is 14.9 Å². The Bertz CT molecular complexity index is 410. The Morgan fingerprint density at radius 1 is 1.44 bits per heavy atom. The van der Waals surface area contributed by atoms with Gasteiger partial charge in [0.15, 0.2) is 11.5 Å². The number of ether oxygens (including phenoxy) is 2. The number of halogens is 1. The molecule has 0 aromatic heterocycles. The number of benzene rings is 1. The van der Waals surface area contributed by atoms with Crippen LogP contribution in [0.2, 0.25) is 0 Å². The zero-order valence-corrected chi connectivity index (χ0v) is 11.7. The van der Waals surface area contributed by atoms with Gasteiger partial charge in [-0.05, 0) is 49.4 Å².